The number of aromatic nitrogens is 5. The molecule has 13 heteroatoms. The zero-order valence-corrected chi connectivity index (χ0v) is 27.6. The summed E-state index contributed by atoms with van der Waals surface area (Å²) in [4.78, 5) is 37.7. The third-order valence-electron chi connectivity index (χ3n) is 8.73. The Morgan fingerprint density at radius 3 is 1.85 bits per heavy atom. The highest BCUT2D eigenvalue weighted by Crippen LogP contribution is 2.35. The summed E-state index contributed by atoms with van der Waals surface area (Å²) in [5.74, 6) is 2.12. The lowest BCUT2D eigenvalue weighted by Gasteiger charge is -2.05. The van der Waals surface area contributed by atoms with E-state index in [0.29, 0.717) is 34.3 Å². The zero-order valence-electron chi connectivity index (χ0n) is 27.6. The van der Waals surface area contributed by atoms with Crippen LogP contribution < -0.4 is 21.3 Å². The highest BCUT2D eigenvalue weighted by atomic mass is 16.3. The van der Waals surface area contributed by atoms with E-state index in [4.69, 9.17) is 8.83 Å². The zero-order chi connectivity index (χ0) is 35.7. The molecule has 0 saturated heterocycles. The van der Waals surface area contributed by atoms with E-state index < -0.39 is 0 Å². The summed E-state index contributed by atoms with van der Waals surface area (Å²) in [6, 6.07) is 26.7. The quantitative estimate of drug-likeness (QED) is 0.107. The summed E-state index contributed by atoms with van der Waals surface area (Å²) in [5, 5.41) is 20.9. The highest BCUT2D eigenvalue weighted by molar-refractivity contribution is 6.32. The Labute approximate surface area is 300 Å². The van der Waals surface area contributed by atoms with Crippen LogP contribution in [0.25, 0.3) is 55.6 Å². The number of pyridine rings is 3. The molecule has 10 rings (SSSR count). The molecule has 8 aromatic rings. The number of carbonyl (C=O) groups excluding carboxylic acids is 2. The van der Waals surface area contributed by atoms with Gasteiger partial charge >= 0.3 is 0 Å². The minimum Gasteiger partial charge on any atom is -0.464 e. The number of H-pyrrole nitrogens is 1. The van der Waals surface area contributed by atoms with Gasteiger partial charge in [-0.15, -0.1) is 0 Å². The van der Waals surface area contributed by atoms with E-state index in [2.05, 4.69) is 46.4 Å². The largest absolute Gasteiger partial charge is 0.464 e. The fourth-order valence-electron chi connectivity index (χ4n) is 6.08. The first kappa shape index (κ1) is 31.2. The molecule has 53 heavy (non-hydrogen) atoms. The number of rotatable bonds is 6. The van der Waals surface area contributed by atoms with Gasteiger partial charge < -0.3 is 30.1 Å². The van der Waals surface area contributed by atoms with Gasteiger partial charge in [0.05, 0.1) is 40.9 Å². The second-order valence-corrected chi connectivity index (χ2v) is 12.1. The molecule has 256 valence electrons. The first-order valence-corrected chi connectivity index (χ1v) is 16.5. The average molecular weight is 698 g/mol. The Balaban J connectivity index is 0.000000141. The summed E-state index contributed by atoms with van der Waals surface area (Å²) in [7, 11) is 0. The SMILES string of the molecule is O=C1Nc2ncc(-c3ccco3)cc2/C1=C/Nc1ccc2cn[nH]c2c1.O=C1Nc2ncc(-c3ccco3)cc2/C1=C/Nc1ccc2ncccc2c1. The second kappa shape index (κ2) is 13.2. The van der Waals surface area contributed by atoms with Crippen LogP contribution in [-0.4, -0.2) is 37.0 Å². The Kier molecular flexibility index (Phi) is 7.74. The second-order valence-electron chi connectivity index (χ2n) is 12.1. The number of hydrogen-bond acceptors (Lipinski definition) is 10. The molecule has 0 bridgehead atoms. The van der Waals surface area contributed by atoms with Crippen LogP contribution in [-0.2, 0) is 9.59 Å². The molecule has 2 aliphatic rings. The Morgan fingerprint density at radius 1 is 0.604 bits per heavy atom. The minimum absolute atomic E-state index is 0.191. The van der Waals surface area contributed by atoms with Crippen LogP contribution in [0.3, 0.4) is 0 Å². The predicted molar refractivity (Wildman–Crippen MR) is 202 cm³/mol. The van der Waals surface area contributed by atoms with Crippen molar-refractivity contribution in [1.29, 1.82) is 0 Å². The molecule has 2 aliphatic heterocycles. The van der Waals surface area contributed by atoms with Crippen LogP contribution in [0.4, 0.5) is 23.0 Å². The number of aromatic amines is 1. The lowest BCUT2D eigenvalue weighted by molar-refractivity contribution is -0.111. The molecular weight excluding hydrogens is 670 g/mol. The van der Waals surface area contributed by atoms with Gasteiger partial charge in [0.1, 0.15) is 23.2 Å². The summed E-state index contributed by atoms with van der Waals surface area (Å²) in [6.07, 6.45) is 13.5. The van der Waals surface area contributed by atoms with Crippen LogP contribution in [0, 0.1) is 0 Å². The maximum Gasteiger partial charge on any atom is 0.259 e. The van der Waals surface area contributed by atoms with Gasteiger partial charge in [-0.2, -0.15) is 5.10 Å². The lowest BCUT2D eigenvalue weighted by Crippen LogP contribution is -2.05. The molecule has 0 atom stereocenters. The molecule has 6 aromatic heterocycles. The fourth-order valence-corrected chi connectivity index (χ4v) is 6.08. The minimum atomic E-state index is -0.195. The highest BCUT2D eigenvalue weighted by Gasteiger charge is 2.27. The molecule has 0 aliphatic carbocycles. The van der Waals surface area contributed by atoms with Crippen molar-refractivity contribution in [1.82, 2.24) is 25.1 Å². The van der Waals surface area contributed by atoms with E-state index in [9.17, 15) is 9.59 Å². The van der Waals surface area contributed by atoms with Gasteiger partial charge in [0.15, 0.2) is 0 Å². The molecule has 5 N–H and O–H groups in total. The van der Waals surface area contributed by atoms with Crippen LogP contribution in [0.5, 0.6) is 0 Å². The Hall–Kier alpha value is -7.80. The number of fused-ring (bicyclic) bond motifs is 4. The van der Waals surface area contributed by atoms with Crippen LogP contribution >= 0.6 is 0 Å². The van der Waals surface area contributed by atoms with Gasteiger partial charge in [-0.3, -0.25) is 19.7 Å². The molecule has 8 heterocycles. The topological polar surface area (TPSA) is 176 Å². The number of nitrogens with zero attached hydrogens (tertiary/aromatic N) is 4. The number of amides is 2. The van der Waals surface area contributed by atoms with Gasteiger partial charge in [0, 0.05) is 75.4 Å². The molecule has 2 aromatic carbocycles. The normalized spacial score (nSPS) is 14.5. The Bertz CT molecular complexity index is 2730. The van der Waals surface area contributed by atoms with Crippen molar-refractivity contribution < 1.29 is 18.4 Å². The predicted octanol–water partition coefficient (Wildman–Crippen LogP) is 7.92. The van der Waals surface area contributed by atoms with E-state index in [1.165, 1.54) is 0 Å². The summed E-state index contributed by atoms with van der Waals surface area (Å²) in [5.41, 5.74) is 7.72. The van der Waals surface area contributed by atoms with Gasteiger partial charge in [0.2, 0.25) is 0 Å². The maximum atomic E-state index is 12.4. The molecule has 0 radical (unpaired) electrons. The number of benzene rings is 2. The standard InChI is InChI=1S/C21H14N4O2.C19H13N5O2/c26-21-17(12-23-15-5-6-18-13(9-15)3-1-7-22-18)16-10-14(11-24-20(16)25-21)19-4-2-8-27-19;25-19-15(10-20-13-4-3-11-9-22-24-16(11)7-13)14-6-12(8-21-18(14)23-19)17-2-1-5-26-17/h1-12,23H,(H,24,25,26);1-10,20H,(H,22,24)(H,21,23,25)/b17-12-;15-10-. The van der Waals surface area contributed by atoms with Gasteiger partial charge in [-0.05, 0) is 78.9 Å². The van der Waals surface area contributed by atoms with Crippen molar-refractivity contribution >= 4 is 67.8 Å². The average Bonchev–Trinajstić information content (AvgIpc) is 4.04. The molecule has 0 spiro atoms. The monoisotopic (exact) mass is 697 g/mol. The summed E-state index contributed by atoms with van der Waals surface area (Å²) < 4.78 is 10.8. The molecular formula is C40H27N9O4. The van der Waals surface area contributed by atoms with E-state index in [1.54, 1.807) is 49.7 Å². The first-order valence-electron chi connectivity index (χ1n) is 16.5. The smallest absolute Gasteiger partial charge is 0.259 e. The van der Waals surface area contributed by atoms with Crippen molar-refractivity contribution in [3.63, 3.8) is 0 Å². The molecule has 13 nitrogen and oxygen atoms in total. The van der Waals surface area contributed by atoms with Gasteiger partial charge in [-0.1, -0.05) is 6.07 Å². The number of hydrogen-bond donors (Lipinski definition) is 5. The maximum absolute atomic E-state index is 12.4. The number of nitrogens with one attached hydrogen (secondary N) is 5. The van der Waals surface area contributed by atoms with Crippen molar-refractivity contribution in [3.05, 3.63) is 146 Å². The number of furan rings is 2. The lowest BCUT2D eigenvalue weighted by atomic mass is 10.1. The fraction of sp³-hybridized carbons (Fsp3) is 0. The van der Waals surface area contributed by atoms with E-state index in [0.717, 1.165) is 55.4 Å². The third kappa shape index (κ3) is 6.14. The van der Waals surface area contributed by atoms with Crippen LogP contribution in [0.2, 0.25) is 0 Å². The first-order chi connectivity index (χ1) is 26.1. The molecule has 0 unspecified atom stereocenters. The van der Waals surface area contributed by atoms with Gasteiger partial charge in [-0.25, -0.2) is 9.97 Å². The molecule has 2 amide bonds. The van der Waals surface area contributed by atoms with Crippen molar-refractivity contribution in [2.75, 3.05) is 21.3 Å². The Morgan fingerprint density at radius 2 is 1.23 bits per heavy atom. The molecule has 0 fully saturated rings. The molecule has 0 saturated carbocycles. The summed E-state index contributed by atoms with van der Waals surface area (Å²) >= 11 is 0. The van der Waals surface area contributed by atoms with Crippen molar-refractivity contribution in [2.45, 2.75) is 0 Å². The van der Waals surface area contributed by atoms with E-state index in [1.807, 2.05) is 84.9 Å². The third-order valence-corrected chi connectivity index (χ3v) is 8.73. The van der Waals surface area contributed by atoms with E-state index >= 15 is 0 Å². The van der Waals surface area contributed by atoms with Crippen LogP contribution in [0.1, 0.15) is 11.1 Å². The van der Waals surface area contributed by atoms with Gasteiger partial charge in [0.25, 0.3) is 11.8 Å². The van der Waals surface area contributed by atoms with Crippen LogP contribution in [0.15, 0.2) is 143 Å². The summed E-state index contributed by atoms with van der Waals surface area (Å²) in [6.45, 7) is 0. The number of carbonyl (C=O) groups is 2. The number of anilines is 4. The van der Waals surface area contributed by atoms with Crippen molar-refractivity contribution in [2.24, 2.45) is 0 Å². The van der Waals surface area contributed by atoms with Crippen molar-refractivity contribution in [3.8, 4) is 22.6 Å². The van der Waals surface area contributed by atoms with E-state index in [-0.39, 0.29) is 11.8 Å².